The van der Waals surface area contributed by atoms with Crippen LogP contribution in [0.5, 0.6) is 0 Å². The molecular weight excluding hydrogens is 232 g/mol. The standard InChI is InChI=1S/C13H14N2O3/c1-4-17-13(16)12-15-14-11(18-12)10-6-5-8(2)9(3)7-10/h5-7H,4H2,1-3H3. The summed E-state index contributed by atoms with van der Waals surface area (Å²) in [5.41, 5.74) is 3.11. The Morgan fingerprint density at radius 3 is 2.72 bits per heavy atom. The van der Waals surface area contributed by atoms with E-state index in [-0.39, 0.29) is 12.5 Å². The average molecular weight is 246 g/mol. The van der Waals surface area contributed by atoms with Gasteiger partial charge in [-0.3, -0.25) is 0 Å². The fraction of sp³-hybridized carbons (Fsp3) is 0.308. The Kier molecular flexibility index (Phi) is 3.41. The second-order valence-electron chi connectivity index (χ2n) is 3.93. The van der Waals surface area contributed by atoms with Crippen LogP contribution in [0.25, 0.3) is 11.5 Å². The van der Waals surface area contributed by atoms with Gasteiger partial charge in [0.05, 0.1) is 6.61 Å². The van der Waals surface area contributed by atoms with E-state index in [4.69, 9.17) is 9.15 Å². The van der Waals surface area contributed by atoms with E-state index < -0.39 is 5.97 Å². The Bertz CT molecular complexity index is 575. The van der Waals surface area contributed by atoms with Crippen molar-refractivity contribution in [1.82, 2.24) is 10.2 Å². The zero-order valence-corrected chi connectivity index (χ0v) is 10.6. The molecule has 0 bridgehead atoms. The average Bonchev–Trinajstić information content (AvgIpc) is 2.82. The number of carbonyl (C=O) groups excluding carboxylic acids is 1. The molecule has 2 rings (SSSR count). The quantitative estimate of drug-likeness (QED) is 0.778. The molecule has 18 heavy (non-hydrogen) atoms. The summed E-state index contributed by atoms with van der Waals surface area (Å²) in [7, 11) is 0. The minimum Gasteiger partial charge on any atom is -0.459 e. The second-order valence-corrected chi connectivity index (χ2v) is 3.93. The molecule has 0 unspecified atom stereocenters. The molecule has 1 aromatic heterocycles. The highest BCUT2D eigenvalue weighted by Gasteiger charge is 2.16. The number of esters is 1. The molecule has 94 valence electrons. The van der Waals surface area contributed by atoms with Crippen LogP contribution in [0.1, 0.15) is 28.7 Å². The summed E-state index contributed by atoms with van der Waals surface area (Å²) in [6, 6.07) is 5.79. The van der Waals surface area contributed by atoms with Crippen LogP contribution in [0.3, 0.4) is 0 Å². The van der Waals surface area contributed by atoms with Crippen LogP contribution in [0.2, 0.25) is 0 Å². The van der Waals surface area contributed by atoms with Gasteiger partial charge in [0, 0.05) is 5.56 Å². The van der Waals surface area contributed by atoms with Crippen molar-refractivity contribution >= 4 is 5.97 Å². The number of aromatic nitrogens is 2. The van der Waals surface area contributed by atoms with Crippen LogP contribution in [0.15, 0.2) is 22.6 Å². The minimum atomic E-state index is -0.597. The maximum Gasteiger partial charge on any atom is 0.396 e. The van der Waals surface area contributed by atoms with Crippen molar-refractivity contribution in [3.8, 4) is 11.5 Å². The number of ether oxygens (including phenoxy) is 1. The Balaban J connectivity index is 2.29. The number of hydrogen-bond acceptors (Lipinski definition) is 5. The molecule has 0 radical (unpaired) electrons. The Labute approximate surface area is 105 Å². The van der Waals surface area contributed by atoms with E-state index in [1.54, 1.807) is 6.92 Å². The Morgan fingerprint density at radius 1 is 1.28 bits per heavy atom. The van der Waals surface area contributed by atoms with Gasteiger partial charge in [0.25, 0.3) is 0 Å². The molecule has 1 aromatic carbocycles. The molecule has 0 saturated heterocycles. The summed E-state index contributed by atoms with van der Waals surface area (Å²) in [6.07, 6.45) is 0. The first-order chi connectivity index (χ1) is 8.61. The first-order valence-electron chi connectivity index (χ1n) is 5.70. The van der Waals surface area contributed by atoms with E-state index in [1.807, 2.05) is 32.0 Å². The van der Waals surface area contributed by atoms with Crippen molar-refractivity contribution in [3.05, 3.63) is 35.2 Å². The molecule has 0 saturated carbocycles. The summed E-state index contributed by atoms with van der Waals surface area (Å²) in [4.78, 5) is 11.4. The largest absolute Gasteiger partial charge is 0.459 e. The van der Waals surface area contributed by atoms with E-state index in [0.29, 0.717) is 5.89 Å². The SMILES string of the molecule is CCOC(=O)c1nnc(-c2ccc(C)c(C)c2)o1. The van der Waals surface area contributed by atoms with E-state index in [0.717, 1.165) is 11.1 Å². The zero-order chi connectivity index (χ0) is 13.1. The number of benzene rings is 1. The molecule has 5 nitrogen and oxygen atoms in total. The van der Waals surface area contributed by atoms with Gasteiger partial charge in [0.1, 0.15) is 0 Å². The molecule has 0 atom stereocenters. The van der Waals surface area contributed by atoms with Crippen LogP contribution in [0, 0.1) is 13.8 Å². The highest BCUT2D eigenvalue weighted by molar-refractivity contribution is 5.84. The smallest absolute Gasteiger partial charge is 0.396 e. The van der Waals surface area contributed by atoms with Gasteiger partial charge in [-0.15, -0.1) is 10.2 Å². The molecule has 0 aliphatic carbocycles. The van der Waals surface area contributed by atoms with Gasteiger partial charge in [-0.2, -0.15) is 0 Å². The van der Waals surface area contributed by atoms with Gasteiger partial charge in [-0.25, -0.2) is 4.79 Å². The van der Waals surface area contributed by atoms with Gasteiger partial charge in [0.2, 0.25) is 5.89 Å². The first-order valence-corrected chi connectivity index (χ1v) is 5.70. The van der Waals surface area contributed by atoms with Crippen LogP contribution in [0.4, 0.5) is 0 Å². The first kappa shape index (κ1) is 12.3. The third-order valence-corrected chi connectivity index (χ3v) is 2.63. The fourth-order valence-corrected chi connectivity index (χ4v) is 1.49. The van der Waals surface area contributed by atoms with Crippen molar-refractivity contribution in [2.75, 3.05) is 6.61 Å². The predicted molar refractivity (Wildman–Crippen MR) is 65.2 cm³/mol. The molecule has 0 N–H and O–H groups in total. The number of carbonyl (C=O) groups is 1. The summed E-state index contributed by atoms with van der Waals surface area (Å²) in [5, 5.41) is 7.52. The van der Waals surface area contributed by atoms with Crippen molar-refractivity contribution in [3.63, 3.8) is 0 Å². The predicted octanol–water partition coefficient (Wildman–Crippen LogP) is 2.53. The van der Waals surface area contributed by atoms with E-state index >= 15 is 0 Å². The summed E-state index contributed by atoms with van der Waals surface area (Å²) >= 11 is 0. The Hall–Kier alpha value is -2.17. The topological polar surface area (TPSA) is 65.2 Å². The minimum absolute atomic E-state index is 0.120. The van der Waals surface area contributed by atoms with Crippen molar-refractivity contribution in [1.29, 1.82) is 0 Å². The van der Waals surface area contributed by atoms with Crippen LogP contribution in [-0.2, 0) is 4.74 Å². The molecule has 0 aliphatic rings. The summed E-state index contributed by atoms with van der Waals surface area (Å²) in [6.45, 7) is 6.02. The van der Waals surface area contributed by atoms with Crippen LogP contribution < -0.4 is 0 Å². The Morgan fingerprint density at radius 2 is 2.06 bits per heavy atom. The van der Waals surface area contributed by atoms with E-state index in [2.05, 4.69) is 10.2 Å². The molecular formula is C13H14N2O3. The summed E-state index contributed by atoms with van der Waals surface area (Å²) < 4.78 is 10.1. The van der Waals surface area contributed by atoms with Gasteiger partial charge in [-0.05, 0) is 44.0 Å². The molecule has 1 heterocycles. The number of aryl methyl sites for hydroxylation is 2. The van der Waals surface area contributed by atoms with Gasteiger partial charge in [-0.1, -0.05) is 6.07 Å². The van der Waals surface area contributed by atoms with Gasteiger partial charge in [0.15, 0.2) is 0 Å². The lowest BCUT2D eigenvalue weighted by Crippen LogP contribution is -2.04. The number of nitrogens with zero attached hydrogens (tertiary/aromatic N) is 2. The highest BCUT2D eigenvalue weighted by atomic mass is 16.5. The molecule has 5 heteroatoms. The monoisotopic (exact) mass is 246 g/mol. The van der Waals surface area contributed by atoms with Crippen LogP contribution >= 0.6 is 0 Å². The second kappa shape index (κ2) is 5.00. The molecule has 0 amide bonds. The highest BCUT2D eigenvalue weighted by Crippen LogP contribution is 2.21. The maximum absolute atomic E-state index is 11.4. The molecule has 0 spiro atoms. The third-order valence-electron chi connectivity index (χ3n) is 2.63. The van der Waals surface area contributed by atoms with Crippen molar-refractivity contribution in [2.45, 2.75) is 20.8 Å². The van der Waals surface area contributed by atoms with Crippen LogP contribution in [-0.4, -0.2) is 22.8 Å². The molecule has 2 aromatic rings. The van der Waals surface area contributed by atoms with Crippen molar-refractivity contribution < 1.29 is 13.9 Å². The zero-order valence-electron chi connectivity index (χ0n) is 10.6. The lowest BCUT2D eigenvalue weighted by molar-refractivity contribution is 0.0481. The van der Waals surface area contributed by atoms with E-state index in [9.17, 15) is 4.79 Å². The molecule has 0 aliphatic heterocycles. The lowest BCUT2D eigenvalue weighted by Gasteiger charge is -2.00. The third kappa shape index (κ3) is 2.40. The number of rotatable bonds is 3. The molecule has 0 fully saturated rings. The van der Waals surface area contributed by atoms with E-state index in [1.165, 1.54) is 5.56 Å². The number of hydrogen-bond donors (Lipinski definition) is 0. The summed E-state index contributed by atoms with van der Waals surface area (Å²) in [5.74, 6) is -0.397. The van der Waals surface area contributed by atoms with Gasteiger partial charge >= 0.3 is 11.9 Å². The fourth-order valence-electron chi connectivity index (χ4n) is 1.49. The van der Waals surface area contributed by atoms with Crippen molar-refractivity contribution in [2.24, 2.45) is 0 Å². The van der Waals surface area contributed by atoms with Gasteiger partial charge < -0.3 is 9.15 Å². The lowest BCUT2D eigenvalue weighted by atomic mass is 10.1. The maximum atomic E-state index is 11.4. The normalized spacial score (nSPS) is 10.4.